The molecule has 2 N–H and O–H groups in total. The maximum Gasteiger partial charge on any atom is 0.191 e. The van der Waals surface area contributed by atoms with Crippen LogP contribution in [0.2, 0.25) is 0 Å². The van der Waals surface area contributed by atoms with Gasteiger partial charge in [0.1, 0.15) is 12.4 Å². The Balaban J connectivity index is 1.57. The van der Waals surface area contributed by atoms with Crippen LogP contribution in [-0.2, 0) is 0 Å². The van der Waals surface area contributed by atoms with Crippen molar-refractivity contribution in [3.8, 4) is 5.75 Å². The standard InChI is InChI=1S/C23H37F2N5O/c1-3-26-22(27-11-16-31-21-8-7-19(24)17-20(21)25)28-18-23(9-14-29(2)15-10-23)30-12-5-4-6-13-30/h7-8,17H,3-6,9-16,18H2,1-2H3,(H2,26,27,28). The first-order valence-corrected chi connectivity index (χ1v) is 11.6. The van der Waals surface area contributed by atoms with Crippen LogP contribution >= 0.6 is 0 Å². The number of guanidine groups is 1. The predicted octanol–water partition coefficient (Wildman–Crippen LogP) is 2.85. The summed E-state index contributed by atoms with van der Waals surface area (Å²) >= 11 is 0. The molecule has 174 valence electrons. The van der Waals surface area contributed by atoms with Gasteiger partial charge in [-0.3, -0.25) is 9.89 Å². The summed E-state index contributed by atoms with van der Waals surface area (Å²) in [5, 5.41) is 6.58. The largest absolute Gasteiger partial charge is 0.489 e. The highest BCUT2D eigenvalue weighted by Gasteiger charge is 2.39. The fraction of sp³-hybridized carbons (Fsp3) is 0.696. The van der Waals surface area contributed by atoms with Crippen molar-refractivity contribution in [3.05, 3.63) is 29.8 Å². The third-order valence-corrected chi connectivity index (χ3v) is 6.37. The fourth-order valence-electron chi connectivity index (χ4n) is 4.47. The van der Waals surface area contributed by atoms with Gasteiger partial charge >= 0.3 is 0 Å². The van der Waals surface area contributed by atoms with Crippen LogP contribution in [0.3, 0.4) is 0 Å². The minimum Gasteiger partial charge on any atom is -0.489 e. The number of piperidine rings is 2. The first-order valence-electron chi connectivity index (χ1n) is 11.6. The zero-order chi connectivity index (χ0) is 22.1. The maximum atomic E-state index is 13.7. The van der Waals surface area contributed by atoms with Crippen LogP contribution in [0.15, 0.2) is 23.2 Å². The quantitative estimate of drug-likeness (QED) is 0.372. The van der Waals surface area contributed by atoms with Crippen molar-refractivity contribution in [1.29, 1.82) is 0 Å². The molecule has 2 heterocycles. The number of likely N-dealkylation sites (tertiary alicyclic amines) is 2. The van der Waals surface area contributed by atoms with E-state index in [1.807, 2.05) is 6.92 Å². The molecular weight excluding hydrogens is 400 g/mol. The monoisotopic (exact) mass is 437 g/mol. The van der Waals surface area contributed by atoms with E-state index in [1.54, 1.807) is 0 Å². The molecule has 0 spiro atoms. The molecule has 1 aromatic carbocycles. The topological polar surface area (TPSA) is 52.1 Å². The van der Waals surface area contributed by atoms with E-state index in [4.69, 9.17) is 9.73 Å². The van der Waals surface area contributed by atoms with E-state index in [0.29, 0.717) is 6.54 Å². The number of rotatable bonds is 8. The van der Waals surface area contributed by atoms with Gasteiger partial charge in [-0.25, -0.2) is 8.78 Å². The second kappa shape index (κ2) is 11.6. The van der Waals surface area contributed by atoms with E-state index in [1.165, 1.54) is 44.5 Å². The number of halogens is 2. The highest BCUT2D eigenvalue weighted by Crippen LogP contribution is 2.31. The van der Waals surface area contributed by atoms with Crippen molar-refractivity contribution in [2.75, 3.05) is 59.5 Å². The highest BCUT2D eigenvalue weighted by molar-refractivity contribution is 5.79. The lowest BCUT2D eigenvalue weighted by atomic mass is 9.84. The summed E-state index contributed by atoms with van der Waals surface area (Å²) in [7, 11) is 2.19. The molecule has 1 aromatic rings. The lowest BCUT2D eigenvalue weighted by Gasteiger charge is -2.49. The second-order valence-electron chi connectivity index (χ2n) is 8.62. The fourth-order valence-corrected chi connectivity index (χ4v) is 4.47. The van der Waals surface area contributed by atoms with Crippen molar-refractivity contribution in [1.82, 2.24) is 20.4 Å². The van der Waals surface area contributed by atoms with Crippen molar-refractivity contribution in [2.24, 2.45) is 4.99 Å². The molecule has 0 bridgehead atoms. The lowest BCUT2D eigenvalue weighted by molar-refractivity contribution is 0.0208. The molecule has 0 aliphatic carbocycles. The SMILES string of the molecule is CCNC(=NCC1(N2CCCCC2)CCN(C)CC1)NCCOc1ccc(F)cc1F. The van der Waals surface area contributed by atoms with Crippen molar-refractivity contribution < 1.29 is 13.5 Å². The van der Waals surface area contributed by atoms with E-state index in [2.05, 4.69) is 27.5 Å². The molecule has 31 heavy (non-hydrogen) atoms. The molecule has 0 radical (unpaired) electrons. The Kier molecular flexibility index (Phi) is 8.90. The van der Waals surface area contributed by atoms with Gasteiger partial charge in [-0.05, 0) is 78.0 Å². The lowest BCUT2D eigenvalue weighted by Crippen LogP contribution is -2.58. The Bertz CT molecular complexity index is 716. The van der Waals surface area contributed by atoms with Crippen molar-refractivity contribution >= 4 is 5.96 Å². The smallest absolute Gasteiger partial charge is 0.191 e. The van der Waals surface area contributed by atoms with E-state index in [0.717, 1.165) is 51.0 Å². The normalized spacial score (nSPS) is 20.5. The zero-order valence-electron chi connectivity index (χ0n) is 18.9. The summed E-state index contributed by atoms with van der Waals surface area (Å²) in [5.41, 5.74) is 0.128. The zero-order valence-corrected chi connectivity index (χ0v) is 18.9. The molecule has 3 rings (SSSR count). The van der Waals surface area contributed by atoms with Crippen LogP contribution < -0.4 is 15.4 Å². The number of aliphatic imine (C=N–C) groups is 1. The van der Waals surface area contributed by atoms with Gasteiger partial charge in [0.2, 0.25) is 0 Å². The van der Waals surface area contributed by atoms with Crippen LogP contribution in [-0.4, -0.2) is 80.8 Å². The third-order valence-electron chi connectivity index (χ3n) is 6.37. The van der Waals surface area contributed by atoms with Crippen LogP contribution in [0, 0.1) is 11.6 Å². The van der Waals surface area contributed by atoms with Crippen LogP contribution in [0.4, 0.5) is 8.78 Å². The number of nitrogens with zero attached hydrogens (tertiary/aromatic N) is 3. The average molecular weight is 438 g/mol. The molecular formula is C23H37F2N5O. The van der Waals surface area contributed by atoms with Gasteiger partial charge in [-0.2, -0.15) is 0 Å². The molecule has 2 fully saturated rings. The van der Waals surface area contributed by atoms with E-state index in [9.17, 15) is 8.78 Å². The van der Waals surface area contributed by atoms with Crippen LogP contribution in [0.5, 0.6) is 5.75 Å². The summed E-state index contributed by atoms with van der Waals surface area (Å²) in [6.07, 6.45) is 6.15. The predicted molar refractivity (Wildman–Crippen MR) is 121 cm³/mol. The Morgan fingerprint density at radius 1 is 1.10 bits per heavy atom. The molecule has 0 unspecified atom stereocenters. The van der Waals surface area contributed by atoms with E-state index >= 15 is 0 Å². The van der Waals surface area contributed by atoms with E-state index < -0.39 is 11.6 Å². The average Bonchev–Trinajstić information content (AvgIpc) is 2.78. The Labute approximate surface area is 185 Å². The van der Waals surface area contributed by atoms with Gasteiger partial charge < -0.3 is 20.3 Å². The molecule has 0 aromatic heterocycles. The molecule has 0 saturated carbocycles. The van der Waals surface area contributed by atoms with Gasteiger partial charge in [-0.1, -0.05) is 6.42 Å². The summed E-state index contributed by atoms with van der Waals surface area (Å²) in [4.78, 5) is 10.0. The number of hydrogen-bond acceptors (Lipinski definition) is 4. The number of benzene rings is 1. The van der Waals surface area contributed by atoms with Gasteiger partial charge in [0, 0.05) is 18.2 Å². The molecule has 2 aliphatic rings. The molecule has 8 heteroatoms. The summed E-state index contributed by atoms with van der Waals surface area (Å²) in [5.74, 6) is -0.492. The van der Waals surface area contributed by atoms with Crippen LogP contribution in [0.25, 0.3) is 0 Å². The van der Waals surface area contributed by atoms with E-state index in [-0.39, 0.29) is 17.9 Å². The van der Waals surface area contributed by atoms with Crippen molar-refractivity contribution in [3.63, 3.8) is 0 Å². The Morgan fingerprint density at radius 2 is 1.84 bits per heavy atom. The Hall–Kier alpha value is -1.93. The minimum absolute atomic E-state index is 0.0560. The minimum atomic E-state index is -0.689. The van der Waals surface area contributed by atoms with Gasteiger partial charge in [-0.15, -0.1) is 0 Å². The van der Waals surface area contributed by atoms with Gasteiger partial charge in [0.05, 0.1) is 13.1 Å². The summed E-state index contributed by atoms with van der Waals surface area (Å²) in [6, 6.07) is 3.33. The molecule has 6 nitrogen and oxygen atoms in total. The maximum absolute atomic E-state index is 13.7. The first kappa shape index (κ1) is 23.7. The summed E-state index contributed by atoms with van der Waals surface area (Å²) < 4.78 is 32.2. The van der Waals surface area contributed by atoms with Crippen LogP contribution in [0.1, 0.15) is 39.0 Å². The highest BCUT2D eigenvalue weighted by atomic mass is 19.1. The number of hydrogen-bond donors (Lipinski definition) is 2. The number of nitrogens with one attached hydrogen (secondary N) is 2. The molecule has 0 amide bonds. The van der Waals surface area contributed by atoms with Gasteiger partial charge in [0.25, 0.3) is 0 Å². The van der Waals surface area contributed by atoms with Crippen molar-refractivity contribution in [2.45, 2.75) is 44.6 Å². The van der Waals surface area contributed by atoms with Gasteiger partial charge in [0.15, 0.2) is 17.5 Å². The molecule has 0 atom stereocenters. The summed E-state index contributed by atoms with van der Waals surface area (Å²) in [6.45, 7) is 8.84. The second-order valence-corrected chi connectivity index (χ2v) is 8.62. The third kappa shape index (κ3) is 6.77. The Morgan fingerprint density at radius 3 is 2.52 bits per heavy atom. The molecule has 2 saturated heterocycles. The number of ether oxygens (including phenoxy) is 1. The molecule has 2 aliphatic heterocycles. The first-order chi connectivity index (χ1) is 15.0.